The minimum absolute atomic E-state index is 0.112. The molecule has 170 valence electrons. The number of nitrogens with zero attached hydrogens (tertiary/aromatic N) is 4. The minimum Gasteiger partial charge on any atom is -0.324 e. The number of benzene rings is 2. The Bertz CT molecular complexity index is 1460. The highest BCUT2D eigenvalue weighted by Gasteiger charge is 2.22. The van der Waals surface area contributed by atoms with E-state index in [2.05, 4.69) is 10.4 Å². The van der Waals surface area contributed by atoms with Crippen LogP contribution in [0.25, 0.3) is 11.0 Å². The predicted molar refractivity (Wildman–Crippen MR) is 129 cm³/mol. The Hall–Kier alpha value is -3.94. The van der Waals surface area contributed by atoms with Gasteiger partial charge in [-0.05, 0) is 44.9 Å². The van der Waals surface area contributed by atoms with Gasteiger partial charge in [-0.15, -0.1) is 0 Å². The van der Waals surface area contributed by atoms with Crippen molar-refractivity contribution in [3.05, 3.63) is 91.8 Å². The molecule has 8 heteroatoms. The van der Waals surface area contributed by atoms with Crippen LogP contribution in [0.1, 0.15) is 29.3 Å². The molecular weight excluding hydrogens is 418 g/mol. The fourth-order valence-corrected chi connectivity index (χ4v) is 4.13. The molecule has 0 aliphatic carbocycles. The molecular formula is C25H27N5O3. The summed E-state index contributed by atoms with van der Waals surface area (Å²) in [5, 5.41) is 7.33. The zero-order chi connectivity index (χ0) is 23.7. The van der Waals surface area contributed by atoms with E-state index in [1.807, 2.05) is 69.3 Å². The van der Waals surface area contributed by atoms with Crippen LogP contribution in [0.2, 0.25) is 0 Å². The molecule has 0 unspecified atom stereocenters. The number of fused-ring (bicyclic) bond motifs is 1. The average molecular weight is 446 g/mol. The first-order valence-electron chi connectivity index (χ1n) is 10.9. The van der Waals surface area contributed by atoms with Gasteiger partial charge in [-0.3, -0.25) is 23.4 Å². The number of carbonyl (C=O) groups excluding carboxylic acids is 1. The molecule has 1 N–H and O–H groups in total. The van der Waals surface area contributed by atoms with Crippen molar-refractivity contribution in [3.8, 4) is 0 Å². The van der Waals surface area contributed by atoms with Gasteiger partial charge < -0.3 is 5.32 Å². The molecule has 0 saturated heterocycles. The van der Waals surface area contributed by atoms with Gasteiger partial charge in [0.1, 0.15) is 12.1 Å². The summed E-state index contributed by atoms with van der Waals surface area (Å²) in [5.41, 5.74) is 3.85. The van der Waals surface area contributed by atoms with Crippen LogP contribution in [0.5, 0.6) is 0 Å². The number of amides is 1. The molecule has 0 bridgehead atoms. The lowest BCUT2D eigenvalue weighted by molar-refractivity contribution is -0.116. The van der Waals surface area contributed by atoms with Crippen LogP contribution in [0.4, 0.5) is 5.69 Å². The summed E-state index contributed by atoms with van der Waals surface area (Å²) in [6.45, 7) is 7.89. The molecule has 0 saturated carbocycles. The van der Waals surface area contributed by atoms with Crippen LogP contribution in [0.3, 0.4) is 0 Å². The number of carbonyl (C=O) groups is 1. The molecule has 1 amide bonds. The summed E-state index contributed by atoms with van der Waals surface area (Å²) >= 11 is 0. The van der Waals surface area contributed by atoms with Crippen molar-refractivity contribution in [1.82, 2.24) is 18.9 Å². The van der Waals surface area contributed by atoms with Crippen LogP contribution >= 0.6 is 0 Å². The highest BCUT2D eigenvalue weighted by Crippen LogP contribution is 2.17. The first kappa shape index (κ1) is 22.3. The molecule has 8 nitrogen and oxygen atoms in total. The number of rotatable bonds is 6. The molecule has 2 heterocycles. The van der Waals surface area contributed by atoms with E-state index in [9.17, 15) is 14.4 Å². The van der Waals surface area contributed by atoms with E-state index in [0.29, 0.717) is 29.0 Å². The third-order valence-electron chi connectivity index (χ3n) is 5.72. The van der Waals surface area contributed by atoms with Crippen molar-refractivity contribution in [3.63, 3.8) is 0 Å². The first-order chi connectivity index (χ1) is 15.8. The van der Waals surface area contributed by atoms with Crippen molar-refractivity contribution < 1.29 is 4.79 Å². The fourth-order valence-electron chi connectivity index (χ4n) is 4.13. The summed E-state index contributed by atoms with van der Waals surface area (Å²) in [7, 11) is 0. The van der Waals surface area contributed by atoms with Crippen molar-refractivity contribution in [1.29, 1.82) is 0 Å². The molecule has 0 radical (unpaired) electrons. The van der Waals surface area contributed by atoms with Gasteiger partial charge in [0.25, 0.3) is 5.56 Å². The van der Waals surface area contributed by atoms with E-state index in [-0.39, 0.29) is 19.0 Å². The SMILES string of the molecule is CCn1nc(C)c2c1c(=O)n(Cc1ccccc1)c(=O)n2CC(=O)Nc1ccc(C)cc1C. The number of aromatic nitrogens is 4. The van der Waals surface area contributed by atoms with Gasteiger partial charge in [-0.25, -0.2) is 4.79 Å². The molecule has 4 rings (SSSR count). The Morgan fingerprint density at radius 3 is 2.36 bits per heavy atom. The lowest BCUT2D eigenvalue weighted by Crippen LogP contribution is -2.42. The predicted octanol–water partition coefficient (Wildman–Crippen LogP) is 2.99. The monoisotopic (exact) mass is 445 g/mol. The normalized spacial score (nSPS) is 11.2. The Kier molecular flexibility index (Phi) is 6.00. The molecule has 0 spiro atoms. The van der Waals surface area contributed by atoms with Crippen LogP contribution in [-0.2, 0) is 24.4 Å². The van der Waals surface area contributed by atoms with Gasteiger partial charge >= 0.3 is 5.69 Å². The van der Waals surface area contributed by atoms with Crippen LogP contribution < -0.4 is 16.6 Å². The standard InChI is InChI=1S/C25H27N5O3/c1-5-30-23-22(18(4)27-30)28(15-21(31)26-20-12-11-16(2)13-17(20)3)25(33)29(24(23)32)14-19-9-7-6-8-10-19/h6-13H,5,14-15H2,1-4H3,(H,26,31). The molecule has 0 atom stereocenters. The largest absolute Gasteiger partial charge is 0.332 e. The van der Waals surface area contributed by atoms with Crippen molar-refractivity contribution in [2.75, 3.05) is 5.32 Å². The van der Waals surface area contributed by atoms with E-state index >= 15 is 0 Å². The topological polar surface area (TPSA) is 90.9 Å². The summed E-state index contributed by atoms with van der Waals surface area (Å²) < 4.78 is 4.12. The van der Waals surface area contributed by atoms with Crippen molar-refractivity contribution >= 4 is 22.6 Å². The summed E-state index contributed by atoms with van der Waals surface area (Å²) in [6.07, 6.45) is 0. The molecule has 2 aromatic heterocycles. The Morgan fingerprint density at radius 2 is 1.70 bits per heavy atom. The second-order valence-corrected chi connectivity index (χ2v) is 8.21. The van der Waals surface area contributed by atoms with Crippen LogP contribution in [-0.4, -0.2) is 24.8 Å². The third kappa shape index (κ3) is 4.24. The molecule has 2 aromatic carbocycles. The maximum atomic E-state index is 13.5. The van der Waals surface area contributed by atoms with Crippen molar-refractivity contribution in [2.45, 2.75) is 47.3 Å². The van der Waals surface area contributed by atoms with E-state index < -0.39 is 11.2 Å². The van der Waals surface area contributed by atoms with Crippen LogP contribution in [0.15, 0.2) is 58.1 Å². The molecule has 0 aliphatic rings. The summed E-state index contributed by atoms with van der Waals surface area (Å²) in [6, 6.07) is 15.0. The second kappa shape index (κ2) is 8.90. The smallest absolute Gasteiger partial charge is 0.324 e. The molecule has 0 fully saturated rings. The summed E-state index contributed by atoms with van der Waals surface area (Å²) in [5.74, 6) is -0.348. The maximum Gasteiger partial charge on any atom is 0.332 e. The Morgan fingerprint density at radius 1 is 0.970 bits per heavy atom. The molecule has 33 heavy (non-hydrogen) atoms. The van der Waals surface area contributed by atoms with E-state index in [1.54, 1.807) is 11.6 Å². The van der Waals surface area contributed by atoms with Gasteiger partial charge in [0.15, 0.2) is 5.52 Å². The Balaban J connectivity index is 1.82. The highest BCUT2D eigenvalue weighted by molar-refractivity contribution is 5.92. The van der Waals surface area contributed by atoms with Crippen LogP contribution in [0, 0.1) is 20.8 Å². The average Bonchev–Trinajstić information content (AvgIpc) is 3.13. The second-order valence-electron chi connectivity index (χ2n) is 8.21. The van der Waals surface area contributed by atoms with Gasteiger partial charge in [-0.1, -0.05) is 48.0 Å². The maximum absolute atomic E-state index is 13.5. The zero-order valence-electron chi connectivity index (χ0n) is 19.3. The van der Waals surface area contributed by atoms with Crippen molar-refractivity contribution in [2.24, 2.45) is 0 Å². The van der Waals surface area contributed by atoms with Gasteiger partial charge in [0.05, 0.1) is 12.2 Å². The fraction of sp³-hybridized carbons (Fsp3) is 0.280. The third-order valence-corrected chi connectivity index (χ3v) is 5.72. The summed E-state index contributed by atoms with van der Waals surface area (Å²) in [4.78, 5) is 39.8. The van der Waals surface area contributed by atoms with E-state index in [0.717, 1.165) is 16.7 Å². The zero-order valence-corrected chi connectivity index (χ0v) is 19.3. The quantitative estimate of drug-likeness (QED) is 0.494. The number of hydrogen-bond donors (Lipinski definition) is 1. The lowest BCUT2D eigenvalue weighted by atomic mass is 10.1. The number of anilines is 1. The van der Waals surface area contributed by atoms with Gasteiger partial charge in [0, 0.05) is 12.2 Å². The Labute approximate surface area is 191 Å². The number of nitrogens with one attached hydrogen (secondary N) is 1. The van der Waals surface area contributed by atoms with Gasteiger partial charge in [0.2, 0.25) is 5.91 Å². The molecule has 4 aromatic rings. The highest BCUT2D eigenvalue weighted by atomic mass is 16.2. The number of aryl methyl sites for hydroxylation is 4. The molecule has 0 aliphatic heterocycles. The number of hydrogen-bond acceptors (Lipinski definition) is 4. The van der Waals surface area contributed by atoms with E-state index in [1.165, 1.54) is 9.13 Å². The van der Waals surface area contributed by atoms with E-state index in [4.69, 9.17) is 0 Å². The lowest BCUT2D eigenvalue weighted by Gasteiger charge is -2.14. The first-order valence-corrected chi connectivity index (χ1v) is 10.9. The van der Waals surface area contributed by atoms with Gasteiger partial charge in [-0.2, -0.15) is 5.10 Å². The minimum atomic E-state index is -0.536.